The predicted octanol–water partition coefficient (Wildman–Crippen LogP) is 4.01. The smallest absolute Gasteiger partial charge is 0.122 e. The van der Waals surface area contributed by atoms with Crippen molar-refractivity contribution in [3.63, 3.8) is 0 Å². The molecule has 0 radical (unpaired) electrons. The molecule has 1 heterocycles. The molecule has 1 fully saturated rings. The van der Waals surface area contributed by atoms with Crippen molar-refractivity contribution in [3.8, 4) is 5.75 Å². The van der Waals surface area contributed by atoms with Crippen LogP contribution in [0, 0.1) is 11.8 Å². The van der Waals surface area contributed by atoms with Gasteiger partial charge in [-0.15, -0.1) is 0 Å². The zero-order valence-corrected chi connectivity index (χ0v) is 12.8. The Labute approximate surface area is 122 Å². The van der Waals surface area contributed by atoms with Gasteiger partial charge in [0.25, 0.3) is 0 Å². The van der Waals surface area contributed by atoms with E-state index in [1.54, 1.807) is 0 Å². The lowest BCUT2D eigenvalue weighted by Gasteiger charge is -2.39. The van der Waals surface area contributed by atoms with Crippen LogP contribution in [0.3, 0.4) is 0 Å². The third kappa shape index (κ3) is 2.71. The Morgan fingerprint density at radius 3 is 3.05 bits per heavy atom. The first-order valence-corrected chi connectivity index (χ1v) is 8.12. The summed E-state index contributed by atoms with van der Waals surface area (Å²) in [5.41, 5.74) is 9.36. The fraction of sp³-hybridized carbons (Fsp3) is 0.667. The largest absolute Gasteiger partial charge is 0.493 e. The van der Waals surface area contributed by atoms with E-state index < -0.39 is 0 Å². The summed E-state index contributed by atoms with van der Waals surface area (Å²) in [4.78, 5) is 0. The van der Waals surface area contributed by atoms with Gasteiger partial charge < -0.3 is 10.5 Å². The van der Waals surface area contributed by atoms with Crippen LogP contribution < -0.4 is 10.5 Å². The summed E-state index contributed by atoms with van der Waals surface area (Å²) in [6.45, 7) is 5.46. The van der Waals surface area contributed by atoms with E-state index in [9.17, 15) is 0 Å². The molecule has 3 rings (SSSR count). The van der Waals surface area contributed by atoms with E-state index >= 15 is 0 Å². The highest BCUT2D eigenvalue weighted by atomic mass is 16.5. The van der Waals surface area contributed by atoms with Gasteiger partial charge in [0.05, 0.1) is 6.61 Å². The maximum atomic E-state index is 6.80. The van der Waals surface area contributed by atoms with Crippen molar-refractivity contribution < 1.29 is 4.74 Å². The van der Waals surface area contributed by atoms with Crippen LogP contribution in [-0.4, -0.2) is 6.61 Å². The third-order valence-corrected chi connectivity index (χ3v) is 4.96. The van der Waals surface area contributed by atoms with E-state index in [2.05, 4.69) is 32.0 Å². The molecule has 2 N–H and O–H groups in total. The number of benzene rings is 1. The second-order valence-corrected chi connectivity index (χ2v) is 7.17. The molecule has 2 atom stereocenters. The fourth-order valence-electron chi connectivity index (χ4n) is 4.05. The van der Waals surface area contributed by atoms with Gasteiger partial charge in [-0.2, -0.15) is 0 Å². The van der Waals surface area contributed by atoms with Crippen molar-refractivity contribution in [1.29, 1.82) is 0 Å². The van der Waals surface area contributed by atoms with E-state index in [4.69, 9.17) is 10.5 Å². The number of hydrogen-bond acceptors (Lipinski definition) is 2. The monoisotopic (exact) mass is 273 g/mol. The molecule has 0 spiro atoms. The Morgan fingerprint density at radius 1 is 1.40 bits per heavy atom. The molecule has 1 aliphatic heterocycles. The van der Waals surface area contributed by atoms with Crippen molar-refractivity contribution >= 4 is 0 Å². The molecule has 110 valence electrons. The minimum atomic E-state index is -0.116. The summed E-state index contributed by atoms with van der Waals surface area (Å²) in [5, 5.41) is 0. The molecule has 2 unspecified atom stereocenters. The first-order valence-electron chi connectivity index (χ1n) is 8.12. The Bertz CT molecular complexity index is 482. The fourth-order valence-corrected chi connectivity index (χ4v) is 4.05. The normalized spacial score (nSPS) is 29.3. The molecule has 20 heavy (non-hydrogen) atoms. The summed E-state index contributed by atoms with van der Waals surface area (Å²) in [6, 6.07) is 6.63. The Balaban J connectivity index is 1.80. The van der Waals surface area contributed by atoms with Gasteiger partial charge in [-0.1, -0.05) is 38.8 Å². The highest BCUT2D eigenvalue weighted by Crippen LogP contribution is 2.41. The SMILES string of the molecule is CC(C)CC1CCCC(N)(c2ccc3c(c2)CCO3)C1. The highest BCUT2D eigenvalue weighted by Gasteiger charge is 2.35. The molecule has 0 aromatic heterocycles. The summed E-state index contributed by atoms with van der Waals surface area (Å²) >= 11 is 0. The average Bonchev–Trinajstić information content (AvgIpc) is 2.85. The van der Waals surface area contributed by atoms with Crippen LogP contribution in [0.25, 0.3) is 0 Å². The molecular weight excluding hydrogens is 246 g/mol. The van der Waals surface area contributed by atoms with E-state index in [-0.39, 0.29) is 5.54 Å². The van der Waals surface area contributed by atoms with Crippen molar-refractivity contribution in [1.82, 2.24) is 0 Å². The Morgan fingerprint density at radius 2 is 2.25 bits per heavy atom. The second kappa shape index (κ2) is 5.40. The van der Waals surface area contributed by atoms with Gasteiger partial charge in [-0.05, 0) is 48.3 Å². The van der Waals surface area contributed by atoms with Crippen molar-refractivity contribution in [2.45, 2.75) is 57.9 Å². The minimum Gasteiger partial charge on any atom is -0.493 e. The molecule has 0 saturated heterocycles. The first-order chi connectivity index (χ1) is 9.57. The molecule has 1 aromatic rings. The van der Waals surface area contributed by atoms with Crippen molar-refractivity contribution in [3.05, 3.63) is 29.3 Å². The number of rotatable bonds is 3. The van der Waals surface area contributed by atoms with E-state index in [0.29, 0.717) is 0 Å². The molecule has 2 heteroatoms. The summed E-state index contributed by atoms with van der Waals surface area (Å²) in [7, 11) is 0. The molecule has 1 aliphatic carbocycles. The lowest BCUT2D eigenvalue weighted by atomic mass is 9.70. The zero-order valence-electron chi connectivity index (χ0n) is 12.8. The van der Waals surface area contributed by atoms with Gasteiger partial charge in [0.2, 0.25) is 0 Å². The Hall–Kier alpha value is -1.02. The van der Waals surface area contributed by atoms with Crippen LogP contribution in [0.4, 0.5) is 0 Å². The number of fused-ring (bicyclic) bond motifs is 1. The first kappa shape index (κ1) is 13.9. The highest BCUT2D eigenvalue weighted by molar-refractivity contribution is 5.42. The molecule has 2 nitrogen and oxygen atoms in total. The van der Waals surface area contributed by atoms with Crippen molar-refractivity contribution in [2.24, 2.45) is 17.6 Å². The predicted molar refractivity (Wildman–Crippen MR) is 82.9 cm³/mol. The van der Waals surface area contributed by atoms with E-state index in [1.165, 1.54) is 30.4 Å². The molecular formula is C18H27NO. The summed E-state index contributed by atoms with van der Waals surface area (Å²) in [5.74, 6) is 2.63. The van der Waals surface area contributed by atoms with E-state index in [0.717, 1.165) is 43.5 Å². The van der Waals surface area contributed by atoms with Crippen LogP contribution in [0.2, 0.25) is 0 Å². The van der Waals surface area contributed by atoms with Gasteiger partial charge in [-0.25, -0.2) is 0 Å². The zero-order chi connectivity index (χ0) is 14.2. The molecule has 2 aliphatic rings. The van der Waals surface area contributed by atoms with Crippen LogP contribution in [0.1, 0.15) is 57.1 Å². The molecule has 1 saturated carbocycles. The summed E-state index contributed by atoms with van der Waals surface area (Å²) < 4.78 is 5.61. The van der Waals surface area contributed by atoms with E-state index in [1.807, 2.05) is 0 Å². The average molecular weight is 273 g/mol. The van der Waals surface area contributed by atoms with Crippen LogP contribution >= 0.6 is 0 Å². The minimum absolute atomic E-state index is 0.116. The topological polar surface area (TPSA) is 35.2 Å². The third-order valence-electron chi connectivity index (χ3n) is 4.96. The van der Waals surface area contributed by atoms with Gasteiger partial charge in [0.15, 0.2) is 0 Å². The lowest BCUT2D eigenvalue weighted by Crippen LogP contribution is -2.41. The van der Waals surface area contributed by atoms with Gasteiger partial charge >= 0.3 is 0 Å². The second-order valence-electron chi connectivity index (χ2n) is 7.17. The molecule has 1 aromatic carbocycles. The van der Waals surface area contributed by atoms with Crippen molar-refractivity contribution in [2.75, 3.05) is 6.61 Å². The van der Waals surface area contributed by atoms with Gasteiger partial charge in [0, 0.05) is 12.0 Å². The lowest BCUT2D eigenvalue weighted by molar-refractivity contribution is 0.202. The summed E-state index contributed by atoms with van der Waals surface area (Å²) in [6.07, 6.45) is 7.24. The quantitative estimate of drug-likeness (QED) is 0.903. The van der Waals surface area contributed by atoms with Gasteiger partial charge in [0.1, 0.15) is 5.75 Å². The number of nitrogens with two attached hydrogens (primary N) is 1. The number of hydrogen-bond donors (Lipinski definition) is 1. The standard InChI is InChI=1S/C18H27NO/c1-13(2)10-14-4-3-8-18(19,12-14)16-5-6-17-15(11-16)7-9-20-17/h5-6,11,13-14H,3-4,7-10,12,19H2,1-2H3. The van der Waals surface area contributed by atoms with Crippen LogP contribution in [0.5, 0.6) is 5.75 Å². The maximum absolute atomic E-state index is 6.80. The molecule has 0 amide bonds. The van der Waals surface area contributed by atoms with Crippen LogP contribution in [-0.2, 0) is 12.0 Å². The molecule has 0 bridgehead atoms. The maximum Gasteiger partial charge on any atom is 0.122 e. The van der Waals surface area contributed by atoms with Gasteiger partial charge in [-0.3, -0.25) is 0 Å². The van der Waals surface area contributed by atoms with Crippen LogP contribution in [0.15, 0.2) is 18.2 Å². The number of ether oxygens (including phenoxy) is 1. The Kier molecular flexibility index (Phi) is 3.76.